The fourth-order valence-corrected chi connectivity index (χ4v) is 2.78. The first-order valence-corrected chi connectivity index (χ1v) is 8.74. The van der Waals surface area contributed by atoms with Gasteiger partial charge in [0.25, 0.3) is 0 Å². The van der Waals surface area contributed by atoms with E-state index in [-0.39, 0.29) is 24.0 Å². The fraction of sp³-hybridized carbons (Fsp3) is 0.412. The van der Waals surface area contributed by atoms with Crippen molar-refractivity contribution in [2.45, 2.75) is 13.0 Å². The summed E-state index contributed by atoms with van der Waals surface area (Å²) in [5.74, 6) is 1.38. The highest BCUT2D eigenvalue weighted by Crippen LogP contribution is 2.13. The van der Waals surface area contributed by atoms with Crippen LogP contribution < -0.4 is 15.4 Å². The minimum atomic E-state index is 0. The molecule has 2 heterocycles. The number of methoxy groups -OCH3 is 1. The number of rotatable bonds is 9. The molecule has 0 aliphatic heterocycles. The van der Waals surface area contributed by atoms with E-state index in [9.17, 15) is 0 Å². The lowest BCUT2D eigenvalue weighted by atomic mass is 10.2. The van der Waals surface area contributed by atoms with Gasteiger partial charge in [0.1, 0.15) is 6.61 Å². The van der Waals surface area contributed by atoms with Crippen molar-refractivity contribution >= 4 is 41.3 Å². The quantitative estimate of drug-likeness (QED) is 0.252. The maximum Gasteiger partial charge on any atom is 0.218 e. The van der Waals surface area contributed by atoms with Crippen molar-refractivity contribution in [3.63, 3.8) is 0 Å². The number of aromatic nitrogens is 1. The molecule has 2 N–H and O–H groups in total. The van der Waals surface area contributed by atoms with Gasteiger partial charge in [-0.3, -0.25) is 4.99 Å². The van der Waals surface area contributed by atoms with Crippen molar-refractivity contribution in [1.82, 2.24) is 15.6 Å². The molecule has 0 unspecified atom stereocenters. The molecule has 0 fully saturated rings. The van der Waals surface area contributed by atoms with Crippen LogP contribution in [0.2, 0.25) is 0 Å². The summed E-state index contributed by atoms with van der Waals surface area (Å²) in [7, 11) is 3.41. The van der Waals surface area contributed by atoms with Gasteiger partial charge < -0.3 is 20.1 Å². The van der Waals surface area contributed by atoms with Crippen LogP contribution in [0.1, 0.15) is 10.4 Å². The van der Waals surface area contributed by atoms with Crippen LogP contribution in [0.3, 0.4) is 0 Å². The summed E-state index contributed by atoms with van der Waals surface area (Å²) in [5, 5.41) is 8.69. The molecule has 0 atom stereocenters. The molecule has 0 saturated carbocycles. The van der Waals surface area contributed by atoms with Gasteiger partial charge in [-0.1, -0.05) is 12.1 Å². The first-order valence-electron chi connectivity index (χ1n) is 7.86. The van der Waals surface area contributed by atoms with E-state index in [1.165, 1.54) is 4.88 Å². The van der Waals surface area contributed by atoms with E-state index in [1.807, 2.05) is 12.1 Å². The Labute approximate surface area is 170 Å². The maximum atomic E-state index is 5.64. The Morgan fingerprint density at radius 1 is 1.24 bits per heavy atom. The third-order valence-corrected chi connectivity index (χ3v) is 4.23. The van der Waals surface area contributed by atoms with E-state index in [1.54, 1.807) is 31.7 Å². The Bertz CT molecular complexity index is 623. The third-order valence-electron chi connectivity index (χ3n) is 3.29. The zero-order valence-electron chi connectivity index (χ0n) is 14.5. The lowest BCUT2D eigenvalue weighted by molar-refractivity contribution is 0.143. The van der Waals surface area contributed by atoms with Crippen LogP contribution in [0.15, 0.2) is 40.8 Å². The molecule has 138 valence electrons. The van der Waals surface area contributed by atoms with E-state index in [0.717, 1.165) is 24.5 Å². The summed E-state index contributed by atoms with van der Waals surface area (Å²) in [6, 6.07) is 8.09. The van der Waals surface area contributed by atoms with Gasteiger partial charge in [-0.05, 0) is 23.9 Å². The number of hydrogen-bond acceptors (Lipinski definition) is 5. The lowest BCUT2D eigenvalue weighted by Gasteiger charge is -2.13. The van der Waals surface area contributed by atoms with Gasteiger partial charge in [0.2, 0.25) is 5.88 Å². The van der Waals surface area contributed by atoms with E-state index < -0.39 is 0 Å². The summed E-state index contributed by atoms with van der Waals surface area (Å²) in [4.78, 5) is 9.88. The van der Waals surface area contributed by atoms with Gasteiger partial charge in [-0.2, -0.15) is 0 Å². The van der Waals surface area contributed by atoms with Gasteiger partial charge >= 0.3 is 0 Å². The van der Waals surface area contributed by atoms with Crippen LogP contribution >= 0.6 is 35.3 Å². The number of guanidine groups is 1. The smallest absolute Gasteiger partial charge is 0.218 e. The second-order valence-corrected chi connectivity index (χ2v) is 6.02. The number of ether oxygens (including phenoxy) is 2. The van der Waals surface area contributed by atoms with E-state index in [2.05, 4.69) is 38.1 Å². The molecular weight excluding hydrogens is 451 g/mol. The standard InChI is InChI=1S/C17H24N4O2S.HI/c1-18-17(20-9-7-15-6-4-12-24-15)21-13-14-5-3-8-19-16(14)23-11-10-22-2;/h3-6,8,12H,7,9-11,13H2,1-2H3,(H2,18,20,21);1H. The second-order valence-electron chi connectivity index (χ2n) is 4.99. The molecule has 0 amide bonds. The van der Waals surface area contributed by atoms with Crippen LogP contribution in [0.5, 0.6) is 5.88 Å². The number of nitrogens with zero attached hydrogens (tertiary/aromatic N) is 2. The molecule has 6 nitrogen and oxygen atoms in total. The summed E-state index contributed by atoms with van der Waals surface area (Å²) < 4.78 is 10.6. The molecule has 2 aromatic heterocycles. The Kier molecular flexibility index (Phi) is 11.2. The number of nitrogens with one attached hydrogen (secondary N) is 2. The van der Waals surface area contributed by atoms with Crippen molar-refractivity contribution in [3.05, 3.63) is 46.3 Å². The van der Waals surface area contributed by atoms with Gasteiger partial charge in [0.15, 0.2) is 5.96 Å². The van der Waals surface area contributed by atoms with E-state index >= 15 is 0 Å². The first kappa shape index (κ1) is 21.7. The van der Waals surface area contributed by atoms with Gasteiger partial charge in [-0.15, -0.1) is 35.3 Å². The largest absolute Gasteiger partial charge is 0.475 e. The number of aliphatic imine (C=N–C) groups is 1. The highest BCUT2D eigenvalue weighted by atomic mass is 127. The molecule has 0 aromatic carbocycles. The SMILES string of the molecule is CN=C(NCCc1cccs1)NCc1cccnc1OCCOC.I. The van der Waals surface area contributed by atoms with Crippen LogP contribution in [-0.2, 0) is 17.7 Å². The zero-order valence-corrected chi connectivity index (χ0v) is 17.7. The number of halogens is 1. The zero-order chi connectivity index (χ0) is 17.0. The second kappa shape index (κ2) is 12.9. The molecular formula is C17H25IN4O2S. The van der Waals surface area contributed by atoms with Crippen molar-refractivity contribution in [2.24, 2.45) is 4.99 Å². The molecule has 2 aromatic rings. The maximum absolute atomic E-state index is 5.64. The molecule has 0 bridgehead atoms. The lowest BCUT2D eigenvalue weighted by Crippen LogP contribution is -2.37. The van der Waals surface area contributed by atoms with E-state index in [0.29, 0.717) is 25.6 Å². The molecule has 8 heteroatoms. The average molecular weight is 476 g/mol. The molecule has 0 radical (unpaired) electrons. The topological polar surface area (TPSA) is 67.8 Å². The Hall–Kier alpha value is -1.39. The predicted octanol–water partition coefficient (Wildman–Crippen LogP) is 2.69. The predicted molar refractivity (Wildman–Crippen MR) is 113 cm³/mol. The number of pyridine rings is 1. The van der Waals surface area contributed by atoms with Crippen LogP contribution in [-0.4, -0.2) is 44.9 Å². The van der Waals surface area contributed by atoms with Gasteiger partial charge in [0.05, 0.1) is 6.61 Å². The van der Waals surface area contributed by atoms with Gasteiger partial charge in [0, 0.05) is 43.9 Å². The van der Waals surface area contributed by atoms with Crippen LogP contribution in [0.25, 0.3) is 0 Å². The summed E-state index contributed by atoms with van der Waals surface area (Å²) in [5.41, 5.74) is 0.981. The monoisotopic (exact) mass is 476 g/mol. The minimum absolute atomic E-state index is 0. The Morgan fingerprint density at radius 3 is 2.84 bits per heavy atom. The van der Waals surface area contributed by atoms with Crippen molar-refractivity contribution in [1.29, 1.82) is 0 Å². The fourth-order valence-electron chi connectivity index (χ4n) is 2.07. The number of thiophene rings is 1. The molecule has 0 saturated heterocycles. The summed E-state index contributed by atoms with van der Waals surface area (Å²) >= 11 is 1.77. The third kappa shape index (κ3) is 8.02. The Balaban J connectivity index is 0.00000312. The highest BCUT2D eigenvalue weighted by molar-refractivity contribution is 14.0. The van der Waals surface area contributed by atoms with Crippen LogP contribution in [0, 0.1) is 0 Å². The summed E-state index contributed by atoms with van der Waals surface area (Å²) in [6.07, 6.45) is 2.70. The van der Waals surface area contributed by atoms with Crippen molar-refractivity contribution in [3.8, 4) is 5.88 Å². The first-order chi connectivity index (χ1) is 11.8. The molecule has 2 rings (SSSR count). The highest BCUT2D eigenvalue weighted by Gasteiger charge is 2.06. The Morgan fingerprint density at radius 2 is 2.12 bits per heavy atom. The molecule has 0 aliphatic carbocycles. The normalized spacial score (nSPS) is 10.9. The average Bonchev–Trinajstić information content (AvgIpc) is 3.12. The molecule has 0 spiro atoms. The van der Waals surface area contributed by atoms with Crippen LogP contribution in [0.4, 0.5) is 0 Å². The number of hydrogen-bond donors (Lipinski definition) is 2. The minimum Gasteiger partial charge on any atom is -0.475 e. The van der Waals surface area contributed by atoms with Gasteiger partial charge in [-0.25, -0.2) is 4.98 Å². The molecule has 25 heavy (non-hydrogen) atoms. The molecule has 0 aliphatic rings. The van der Waals surface area contributed by atoms with E-state index in [4.69, 9.17) is 9.47 Å². The van der Waals surface area contributed by atoms with Crippen molar-refractivity contribution in [2.75, 3.05) is 33.9 Å². The summed E-state index contributed by atoms with van der Waals surface area (Å²) in [6.45, 7) is 2.45. The van der Waals surface area contributed by atoms with Crippen molar-refractivity contribution < 1.29 is 9.47 Å².